The molecular weight excluding hydrogens is 333 g/mol. The molecule has 0 saturated heterocycles. The Morgan fingerprint density at radius 2 is 2.00 bits per heavy atom. The molecule has 0 aliphatic carbocycles. The lowest BCUT2D eigenvalue weighted by molar-refractivity contribution is 0.236. The highest BCUT2D eigenvalue weighted by molar-refractivity contribution is 5.83. The summed E-state index contributed by atoms with van der Waals surface area (Å²) in [6.45, 7) is 3.22. The Hall–Kier alpha value is -3.02. The van der Waals surface area contributed by atoms with Gasteiger partial charge in [0.2, 0.25) is 0 Å². The van der Waals surface area contributed by atoms with Crippen LogP contribution in [0.4, 0.5) is 9.18 Å². The molecule has 0 radical (unpaired) electrons. The third kappa shape index (κ3) is 4.75. The topological polar surface area (TPSA) is 66.2 Å². The zero-order chi connectivity index (χ0) is 18.4. The summed E-state index contributed by atoms with van der Waals surface area (Å²) in [4.78, 5) is 15.1. The maximum absolute atomic E-state index is 13.0. The van der Waals surface area contributed by atoms with Crippen molar-refractivity contribution >= 4 is 16.9 Å². The standard InChI is InChI=1S/C20H22FN3O2/c1-14-5-6-18-15(13-24-19(18)11-14)7-8-22-20(25)23-9-10-26-17-4-2-3-16(21)12-17/h2-6,11-13,24H,7-10H2,1H3,(H2,22,23,25). The summed E-state index contributed by atoms with van der Waals surface area (Å²) < 4.78 is 18.4. The Morgan fingerprint density at radius 1 is 1.15 bits per heavy atom. The Bertz CT molecular complexity index is 892. The first-order valence-electron chi connectivity index (χ1n) is 8.58. The molecule has 0 fully saturated rings. The molecule has 6 heteroatoms. The van der Waals surface area contributed by atoms with Crippen molar-refractivity contribution in [3.8, 4) is 5.75 Å². The molecule has 26 heavy (non-hydrogen) atoms. The number of hydrogen-bond donors (Lipinski definition) is 3. The van der Waals surface area contributed by atoms with Crippen molar-refractivity contribution in [3.05, 3.63) is 65.6 Å². The van der Waals surface area contributed by atoms with Gasteiger partial charge in [0, 0.05) is 29.7 Å². The van der Waals surface area contributed by atoms with E-state index in [1.807, 2.05) is 6.20 Å². The molecule has 0 saturated carbocycles. The largest absolute Gasteiger partial charge is 0.492 e. The first-order valence-corrected chi connectivity index (χ1v) is 8.58. The first-order chi connectivity index (χ1) is 12.6. The highest BCUT2D eigenvalue weighted by Gasteiger charge is 2.05. The fourth-order valence-electron chi connectivity index (χ4n) is 2.77. The van der Waals surface area contributed by atoms with Gasteiger partial charge in [0.1, 0.15) is 18.2 Å². The normalized spacial score (nSPS) is 10.7. The van der Waals surface area contributed by atoms with Crippen LogP contribution >= 0.6 is 0 Å². The molecule has 0 aliphatic rings. The Kier molecular flexibility index (Phi) is 5.73. The number of carbonyl (C=O) groups is 1. The number of H-pyrrole nitrogens is 1. The number of hydrogen-bond acceptors (Lipinski definition) is 2. The van der Waals surface area contributed by atoms with Crippen LogP contribution in [0, 0.1) is 12.7 Å². The minimum absolute atomic E-state index is 0.247. The first kappa shape index (κ1) is 17.8. The SMILES string of the molecule is Cc1ccc2c(CCNC(=O)NCCOc3cccc(F)c3)c[nH]c2c1. The van der Waals surface area contributed by atoms with E-state index in [0.29, 0.717) is 18.8 Å². The van der Waals surface area contributed by atoms with Gasteiger partial charge in [0.15, 0.2) is 0 Å². The van der Waals surface area contributed by atoms with Crippen LogP contribution in [0.1, 0.15) is 11.1 Å². The number of aromatic nitrogens is 1. The number of benzene rings is 2. The molecule has 2 amide bonds. The van der Waals surface area contributed by atoms with Gasteiger partial charge < -0.3 is 20.4 Å². The van der Waals surface area contributed by atoms with Crippen LogP contribution in [0.2, 0.25) is 0 Å². The zero-order valence-corrected chi connectivity index (χ0v) is 14.6. The van der Waals surface area contributed by atoms with Crippen molar-refractivity contribution in [2.45, 2.75) is 13.3 Å². The van der Waals surface area contributed by atoms with Crippen LogP contribution in [-0.2, 0) is 6.42 Å². The molecule has 5 nitrogen and oxygen atoms in total. The highest BCUT2D eigenvalue weighted by atomic mass is 19.1. The van der Waals surface area contributed by atoms with Crippen LogP contribution in [0.25, 0.3) is 10.9 Å². The molecular formula is C20H22FN3O2. The third-order valence-electron chi connectivity index (χ3n) is 4.06. The van der Waals surface area contributed by atoms with Crippen molar-refractivity contribution in [1.29, 1.82) is 0 Å². The molecule has 0 bridgehead atoms. The van der Waals surface area contributed by atoms with E-state index < -0.39 is 0 Å². The van der Waals surface area contributed by atoms with Crippen LogP contribution in [0.15, 0.2) is 48.7 Å². The molecule has 1 heterocycles. The van der Waals surface area contributed by atoms with Gasteiger partial charge in [-0.2, -0.15) is 0 Å². The molecule has 3 aromatic rings. The van der Waals surface area contributed by atoms with Crippen LogP contribution in [-0.4, -0.2) is 30.7 Å². The number of ether oxygens (including phenoxy) is 1. The van der Waals surface area contributed by atoms with E-state index in [4.69, 9.17) is 4.74 Å². The van der Waals surface area contributed by atoms with Gasteiger partial charge in [0.05, 0.1) is 6.54 Å². The minimum atomic E-state index is -0.347. The summed E-state index contributed by atoms with van der Waals surface area (Å²) in [7, 11) is 0. The predicted molar refractivity (Wildman–Crippen MR) is 100 cm³/mol. The van der Waals surface area contributed by atoms with Gasteiger partial charge >= 0.3 is 6.03 Å². The van der Waals surface area contributed by atoms with E-state index in [1.165, 1.54) is 28.6 Å². The van der Waals surface area contributed by atoms with Gasteiger partial charge in [-0.3, -0.25) is 0 Å². The fraction of sp³-hybridized carbons (Fsp3) is 0.250. The highest BCUT2D eigenvalue weighted by Crippen LogP contribution is 2.19. The number of urea groups is 1. The number of carbonyl (C=O) groups excluding carboxylic acids is 1. The van der Waals surface area contributed by atoms with E-state index in [0.717, 1.165) is 11.9 Å². The second kappa shape index (κ2) is 8.38. The molecule has 1 aromatic heterocycles. The number of aryl methyl sites for hydroxylation is 1. The van der Waals surface area contributed by atoms with Gasteiger partial charge in [0.25, 0.3) is 0 Å². The molecule has 0 unspecified atom stereocenters. The van der Waals surface area contributed by atoms with Crippen molar-refractivity contribution in [1.82, 2.24) is 15.6 Å². The van der Waals surface area contributed by atoms with E-state index >= 15 is 0 Å². The second-order valence-corrected chi connectivity index (χ2v) is 6.10. The molecule has 0 atom stereocenters. The maximum Gasteiger partial charge on any atom is 0.314 e. The number of amides is 2. The lowest BCUT2D eigenvalue weighted by atomic mass is 10.1. The van der Waals surface area contributed by atoms with Crippen LogP contribution in [0.5, 0.6) is 5.75 Å². The lowest BCUT2D eigenvalue weighted by Gasteiger charge is -2.09. The number of fused-ring (bicyclic) bond motifs is 1. The predicted octanol–water partition coefficient (Wildman–Crippen LogP) is 3.54. The molecule has 136 valence electrons. The molecule has 3 N–H and O–H groups in total. The number of rotatable bonds is 7. The average molecular weight is 355 g/mol. The fourth-order valence-corrected chi connectivity index (χ4v) is 2.77. The summed E-state index contributed by atoms with van der Waals surface area (Å²) in [5.74, 6) is 0.0995. The summed E-state index contributed by atoms with van der Waals surface area (Å²) >= 11 is 0. The van der Waals surface area contributed by atoms with Crippen molar-refractivity contribution < 1.29 is 13.9 Å². The summed E-state index contributed by atoms with van der Waals surface area (Å²) in [6, 6.07) is 12.0. The third-order valence-corrected chi connectivity index (χ3v) is 4.06. The van der Waals surface area contributed by atoms with Crippen LogP contribution < -0.4 is 15.4 Å². The summed E-state index contributed by atoms with van der Waals surface area (Å²) in [5.41, 5.74) is 3.50. The smallest absolute Gasteiger partial charge is 0.314 e. The molecule has 0 spiro atoms. The van der Waals surface area contributed by atoms with E-state index in [2.05, 4.69) is 40.7 Å². The van der Waals surface area contributed by atoms with Gasteiger partial charge in [-0.05, 0) is 42.7 Å². The van der Waals surface area contributed by atoms with Gasteiger partial charge in [-0.1, -0.05) is 18.2 Å². The molecule has 0 aliphatic heterocycles. The Morgan fingerprint density at radius 3 is 2.85 bits per heavy atom. The molecule has 2 aromatic carbocycles. The van der Waals surface area contributed by atoms with Gasteiger partial charge in [-0.15, -0.1) is 0 Å². The number of halogens is 1. The Labute approximate surface area is 151 Å². The molecule has 3 rings (SSSR count). The number of nitrogens with one attached hydrogen (secondary N) is 3. The quantitative estimate of drug-likeness (QED) is 0.568. The van der Waals surface area contributed by atoms with Crippen molar-refractivity contribution in [2.75, 3.05) is 19.7 Å². The summed E-state index contributed by atoms with van der Waals surface area (Å²) in [6.07, 6.45) is 2.73. The minimum Gasteiger partial charge on any atom is -0.492 e. The Balaban J connectivity index is 1.36. The number of aromatic amines is 1. The van der Waals surface area contributed by atoms with Gasteiger partial charge in [-0.25, -0.2) is 9.18 Å². The summed E-state index contributed by atoms with van der Waals surface area (Å²) in [5, 5.41) is 6.72. The maximum atomic E-state index is 13.0. The zero-order valence-electron chi connectivity index (χ0n) is 14.6. The van der Waals surface area contributed by atoms with Crippen molar-refractivity contribution in [3.63, 3.8) is 0 Å². The monoisotopic (exact) mass is 355 g/mol. The van der Waals surface area contributed by atoms with E-state index in [-0.39, 0.29) is 18.5 Å². The van der Waals surface area contributed by atoms with Crippen LogP contribution in [0.3, 0.4) is 0 Å². The van der Waals surface area contributed by atoms with E-state index in [1.54, 1.807) is 12.1 Å². The average Bonchev–Trinajstić information content (AvgIpc) is 3.01. The van der Waals surface area contributed by atoms with E-state index in [9.17, 15) is 9.18 Å². The second-order valence-electron chi connectivity index (χ2n) is 6.10. The lowest BCUT2D eigenvalue weighted by Crippen LogP contribution is -2.38. The van der Waals surface area contributed by atoms with Crippen molar-refractivity contribution in [2.24, 2.45) is 0 Å².